The van der Waals surface area contributed by atoms with Crippen LogP contribution in [0.25, 0.3) is 11.1 Å². The molecule has 0 bridgehead atoms. The topological polar surface area (TPSA) is 66.3 Å². The van der Waals surface area contributed by atoms with E-state index in [1.54, 1.807) is 25.1 Å². The van der Waals surface area contributed by atoms with E-state index in [0.29, 0.717) is 6.42 Å². The van der Waals surface area contributed by atoms with Crippen LogP contribution in [0.1, 0.15) is 44.2 Å². The second-order valence-electron chi connectivity index (χ2n) is 10.4. The van der Waals surface area contributed by atoms with Crippen molar-refractivity contribution in [3.8, 4) is 11.1 Å². The Labute approximate surface area is 237 Å². The molecule has 5 rings (SSSR count). The molecule has 3 aromatic carbocycles. The first-order valence-electron chi connectivity index (χ1n) is 13.7. The Balaban J connectivity index is 1.34. The van der Waals surface area contributed by atoms with Gasteiger partial charge in [-0.1, -0.05) is 87.5 Å². The Hall–Kier alpha value is -3.85. The molecule has 9 heteroatoms. The number of benzene rings is 3. The molecule has 2 unspecified atom stereocenters. The van der Waals surface area contributed by atoms with E-state index in [-0.39, 0.29) is 30.0 Å². The highest BCUT2D eigenvalue weighted by Gasteiger charge is 2.49. The molecule has 5 atom stereocenters. The summed E-state index contributed by atoms with van der Waals surface area (Å²) < 4.78 is 64.5. The second-order valence-corrected chi connectivity index (χ2v) is 10.4. The van der Waals surface area contributed by atoms with E-state index in [9.17, 15) is 18.0 Å². The Morgan fingerprint density at radius 2 is 1.44 bits per heavy atom. The van der Waals surface area contributed by atoms with Gasteiger partial charge in [0.2, 0.25) is 6.29 Å². The molecule has 0 saturated carbocycles. The number of aliphatic imine (C=N–C) groups is 1. The average Bonchev–Trinajstić information content (AvgIpc) is 3.29. The van der Waals surface area contributed by atoms with Gasteiger partial charge >= 0.3 is 12.3 Å². The predicted octanol–water partition coefficient (Wildman–Crippen LogP) is 8.04. The molecule has 1 aliphatic heterocycles. The molecule has 41 heavy (non-hydrogen) atoms. The van der Waals surface area contributed by atoms with Crippen LogP contribution in [-0.4, -0.2) is 43.3 Å². The fraction of sp³-hybridized carbons (Fsp3) is 0.375. The molecule has 6 nitrogen and oxygen atoms in total. The van der Waals surface area contributed by atoms with Gasteiger partial charge in [0.1, 0.15) is 6.61 Å². The second kappa shape index (κ2) is 11.9. The Morgan fingerprint density at radius 3 is 2.02 bits per heavy atom. The van der Waals surface area contributed by atoms with Gasteiger partial charge in [0.05, 0.1) is 11.8 Å². The summed E-state index contributed by atoms with van der Waals surface area (Å²) in [7, 11) is 0. The van der Waals surface area contributed by atoms with Gasteiger partial charge in [-0.2, -0.15) is 13.2 Å². The number of hydrogen-bond donors (Lipinski definition) is 0. The Bertz CT molecular complexity index is 1350. The third-order valence-corrected chi connectivity index (χ3v) is 7.93. The molecule has 0 N–H and O–H groups in total. The van der Waals surface area contributed by atoms with Gasteiger partial charge in [-0.25, -0.2) is 9.79 Å². The fourth-order valence-electron chi connectivity index (χ4n) is 5.61. The molecule has 0 amide bonds. The molecule has 1 fully saturated rings. The smallest absolute Gasteiger partial charge is 0.440 e. The van der Waals surface area contributed by atoms with Crippen LogP contribution in [0.5, 0.6) is 0 Å². The summed E-state index contributed by atoms with van der Waals surface area (Å²) in [5.41, 5.74) is 4.28. The SMILES string of the molecule is CCC1O[C@H](OC(=Nc2ccccc2)C(F)(F)F)C(OC(=O)OCC2c3ccccc3-c3ccccc32)[C@@H](C)[C@@H]1C. The highest BCUT2D eigenvalue weighted by Crippen LogP contribution is 2.44. The van der Waals surface area contributed by atoms with E-state index in [4.69, 9.17) is 18.9 Å². The van der Waals surface area contributed by atoms with Gasteiger partial charge in [-0.3, -0.25) is 0 Å². The molecule has 1 saturated heterocycles. The number of carbonyl (C=O) groups excluding carboxylic acids is 1. The van der Waals surface area contributed by atoms with E-state index >= 15 is 0 Å². The molecule has 2 aliphatic rings. The maximum atomic E-state index is 14.0. The maximum Gasteiger partial charge on any atom is 0.508 e. The molecule has 1 aliphatic carbocycles. The minimum Gasteiger partial charge on any atom is -0.440 e. The summed E-state index contributed by atoms with van der Waals surface area (Å²) >= 11 is 0. The molecular formula is C32H32F3NO5. The van der Waals surface area contributed by atoms with Gasteiger partial charge < -0.3 is 18.9 Å². The van der Waals surface area contributed by atoms with Crippen molar-refractivity contribution in [3.63, 3.8) is 0 Å². The van der Waals surface area contributed by atoms with Crippen LogP contribution in [0.2, 0.25) is 0 Å². The van der Waals surface area contributed by atoms with Crippen LogP contribution >= 0.6 is 0 Å². The lowest BCUT2D eigenvalue weighted by atomic mass is 9.82. The monoisotopic (exact) mass is 567 g/mol. The lowest BCUT2D eigenvalue weighted by Crippen LogP contribution is -2.53. The number of carbonyl (C=O) groups is 1. The number of rotatable bonds is 6. The van der Waals surface area contributed by atoms with E-state index in [0.717, 1.165) is 22.3 Å². The minimum atomic E-state index is -4.90. The number of hydrogen-bond acceptors (Lipinski definition) is 6. The van der Waals surface area contributed by atoms with Crippen LogP contribution in [0.3, 0.4) is 0 Å². The van der Waals surface area contributed by atoms with E-state index < -0.39 is 36.7 Å². The Kier molecular flexibility index (Phi) is 8.35. The van der Waals surface area contributed by atoms with Crippen LogP contribution in [-0.2, 0) is 18.9 Å². The molecule has 0 radical (unpaired) electrons. The van der Waals surface area contributed by atoms with E-state index in [2.05, 4.69) is 4.99 Å². The fourth-order valence-corrected chi connectivity index (χ4v) is 5.61. The van der Waals surface area contributed by atoms with Crippen molar-refractivity contribution in [2.45, 2.75) is 57.8 Å². The maximum absolute atomic E-state index is 14.0. The molecule has 0 aromatic heterocycles. The molecular weight excluding hydrogens is 535 g/mol. The van der Waals surface area contributed by atoms with Crippen molar-refractivity contribution in [3.05, 3.63) is 90.0 Å². The van der Waals surface area contributed by atoms with Gasteiger partial charge in [0.15, 0.2) is 6.10 Å². The van der Waals surface area contributed by atoms with Crippen LogP contribution in [0.4, 0.5) is 23.7 Å². The lowest BCUT2D eigenvalue weighted by molar-refractivity contribution is -0.253. The quantitative estimate of drug-likeness (QED) is 0.171. The largest absolute Gasteiger partial charge is 0.508 e. The first-order chi connectivity index (χ1) is 19.7. The van der Waals surface area contributed by atoms with Crippen molar-refractivity contribution in [2.24, 2.45) is 16.8 Å². The van der Waals surface area contributed by atoms with Gasteiger partial charge in [0.25, 0.3) is 5.90 Å². The number of ether oxygens (including phenoxy) is 4. The third kappa shape index (κ3) is 6.10. The third-order valence-electron chi connectivity index (χ3n) is 7.93. The van der Waals surface area contributed by atoms with Gasteiger partial charge in [0, 0.05) is 11.8 Å². The number of para-hydroxylation sites is 1. The van der Waals surface area contributed by atoms with Crippen molar-refractivity contribution >= 4 is 17.7 Å². The number of halogens is 3. The lowest BCUT2D eigenvalue weighted by Gasteiger charge is -2.43. The summed E-state index contributed by atoms with van der Waals surface area (Å²) in [6.45, 7) is 5.60. The number of alkyl halides is 3. The standard InChI is InChI=1S/C32H32F3NO5/c1-4-27-19(2)20(3)28(29(39-27)41-30(32(33,34)35)36-21-12-6-5-7-13-21)40-31(37)38-18-26-24-16-10-8-14-22(24)23-15-9-11-17-25(23)26/h5-17,19-20,26-29H,4,18H2,1-3H3/t19-,20-,27?,28?,29+/m0/s1. The van der Waals surface area contributed by atoms with E-state index in [1.165, 1.54) is 12.1 Å². The summed E-state index contributed by atoms with van der Waals surface area (Å²) in [6, 6.07) is 23.5. The average molecular weight is 568 g/mol. The predicted molar refractivity (Wildman–Crippen MR) is 148 cm³/mol. The zero-order chi connectivity index (χ0) is 29.1. The molecule has 1 heterocycles. The van der Waals surface area contributed by atoms with Gasteiger partial charge in [-0.05, 0) is 46.7 Å². The highest BCUT2D eigenvalue weighted by atomic mass is 19.4. The van der Waals surface area contributed by atoms with E-state index in [1.807, 2.05) is 62.4 Å². The van der Waals surface area contributed by atoms with Crippen molar-refractivity contribution in [2.75, 3.05) is 6.61 Å². The molecule has 3 aromatic rings. The zero-order valence-electron chi connectivity index (χ0n) is 23.0. The van der Waals surface area contributed by atoms with Crippen molar-refractivity contribution in [1.29, 1.82) is 0 Å². The molecule has 0 spiro atoms. The number of nitrogens with zero attached hydrogens (tertiary/aromatic N) is 1. The molecule has 216 valence electrons. The first kappa shape index (κ1) is 28.7. The van der Waals surface area contributed by atoms with Crippen LogP contribution in [0.15, 0.2) is 83.9 Å². The summed E-state index contributed by atoms with van der Waals surface area (Å²) in [4.78, 5) is 16.7. The summed E-state index contributed by atoms with van der Waals surface area (Å²) in [5, 5.41) is 0. The van der Waals surface area contributed by atoms with Crippen molar-refractivity contribution < 1.29 is 36.9 Å². The normalized spacial score (nSPS) is 24.3. The zero-order valence-corrected chi connectivity index (χ0v) is 23.0. The van der Waals surface area contributed by atoms with Crippen LogP contribution < -0.4 is 0 Å². The van der Waals surface area contributed by atoms with Crippen LogP contribution in [0, 0.1) is 11.8 Å². The summed E-state index contributed by atoms with van der Waals surface area (Å²) in [6.07, 6.45) is -8.45. The summed E-state index contributed by atoms with van der Waals surface area (Å²) in [5.74, 6) is -2.18. The first-order valence-corrected chi connectivity index (χ1v) is 13.7. The highest BCUT2D eigenvalue weighted by molar-refractivity contribution is 5.84. The Morgan fingerprint density at radius 1 is 0.854 bits per heavy atom. The minimum absolute atomic E-state index is 0.0107. The van der Waals surface area contributed by atoms with Gasteiger partial charge in [-0.15, -0.1) is 0 Å². The van der Waals surface area contributed by atoms with Crippen molar-refractivity contribution in [1.82, 2.24) is 0 Å². The number of fused-ring (bicyclic) bond motifs is 3.